The Bertz CT molecular complexity index is 2350. The maximum Gasteiger partial charge on any atom is 0.271 e. The molecule has 1 aliphatic heterocycles. The van der Waals surface area contributed by atoms with Crippen molar-refractivity contribution in [3.63, 3.8) is 0 Å². The molecule has 0 saturated carbocycles. The molecule has 0 saturated heterocycles. The van der Waals surface area contributed by atoms with Gasteiger partial charge in [-0.1, -0.05) is 95.7 Å². The van der Waals surface area contributed by atoms with E-state index in [4.69, 9.17) is 21.3 Å². The lowest BCUT2D eigenvalue weighted by atomic mass is 9.95. The van der Waals surface area contributed by atoms with Crippen LogP contribution >= 0.6 is 22.9 Å². The largest absolute Gasteiger partial charge is 0.488 e. The zero-order chi connectivity index (χ0) is 32.5. The number of fused-ring (bicyclic) bond motifs is 2. The van der Waals surface area contributed by atoms with Crippen molar-refractivity contribution in [1.82, 2.24) is 4.57 Å². The van der Waals surface area contributed by atoms with Gasteiger partial charge in [0, 0.05) is 16.3 Å². The van der Waals surface area contributed by atoms with Crippen LogP contribution in [0, 0.1) is 5.82 Å². The second-order valence-corrected chi connectivity index (χ2v) is 12.5. The van der Waals surface area contributed by atoms with Gasteiger partial charge in [-0.25, -0.2) is 9.38 Å². The Kier molecular flexibility index (Phi) is 8.28. The van der Waals surface area contributed by atoms with Crippen LogP contribution in [0.1, 0.15) is 29.7 Å². The first kappa shape index (κ1) is 30.3. The fourth-order valence-corrected chi connectivity index (χ4v) is 6.87. The lowest BCUT2D eigenvalue weighted by Crippen LogP contribution is -2.40. The number of aromatic nitrogens is 1. The molecule has 7 rings (SSSR count). The first-order valence-electron chi connectivity index (χ1n) is 14.9. The van der Waals surface area contributed by atoms with Gasteiger partial charge in [-0.2, -0.15) is 0 Å². The molecule has 9 heteroatoms. The van der Waals surface area contributed by atoms with E-state index in [0.717, 1.165) is 21.9 Å². The van der Waals surface area contributed by atoms with E-state index in [1.54, 1.807) is 31.2 Å². The van der Waals surface area contributed by atoms with Gasteiger partial charge in [0.25, 0.3) is 11.5 Å². The standard InChI is InChI=1S/C38H27ClFN3O3S/c1-23-34(36(44)42-29-8-3-2-4-9-29)35(26-13-18-28(40)19-14-26)43-37(45)33(47-38(43)41-23)21-31-30-10-6-5-7-25(30)15-20-32(31)46-22-24-11-16-27(39)17-12-24/h2-21,35H,22H2,1H3,(H,42,44)/b33-21+. The molecule has 0 aliphatic carbocycles. The maximum absolute atomic E-state index is 14.4. The second-order valence-electron chi connectivity index (χ2n) is 11.1. The highest BCUT2D eigenvalue weighted by molar-refractivity contribution is 7.07. The van der Waals surface area contributed by atoms with Gasteiger partial charge in [-0.05, 0) is 77.4 Å². The Hall–Kier alpha value is -5.31. The van der Waals surface area contributed by atoms with Crippen molar-refractivity contribution < 1.29 is 13.9 Å². The minimum atomic E-state index is -0.828. The molecule has 1 N–H and O–H groups in total. The van der Waals surface area contributed by atoms with Gasteiger partial charge in [0.05, 0.1) is 21.8 Å². The molecule has 0 radical (unpaired) electrons. The van der Waals surface area contributed by atoms with Crippen LogP contribution in [0.25, 0.3) is 16.8 Å². The Labute approximate surface area is 278 Å². The fraction of sp³-hybridized carbons (Fsp3) is 0.0789. The van der Waals surface area contributed by atoms with Gasteiger partial charge in [0.15, 0.2) is 4.80 Å². The molecule has 5 aromatic carbocycles. The number of halogens is 2. The third-order valence-electron chi connectivity index (χ3n) is 8.00. The summed E-state index contributed by atoms with van der Waals surface area (Å²) in [5.41, 5.74) is 3.34. The van der Waals surface area contributed by atoms with Crippen LogP contribution in [0.5, 0.6) is 5.75 Å². The predicted molar refractivity (Wildman–Crippen MR) is 185 cm³/mol. The smallest absolute Gasteiger partial charge is 0.271 e. The third kappa shape index (κ3) is 6.13. The monoisotopic (exact) mass is 659 g/mol. The maximum atomic E-state index is 14.4. The summed E-state index contributed by atoms with van der Waals surface area (Å²) in [4.78, 5) is 33.3. The molecule has 6 nitrogen and oxygen atoms in total. The predicted octanol–water partition coefficient (Wildman–Crippen LogP) is 7.40. The van der Waals surface area contributed by atoms with Gasteiger partial charge >= 0.3 is 0 Å². The number of allylic oxidation sites excluding steroid dienone is 1. The summed E-state index contributed by atoms with van der Waals surface area (Å²) in [5, 5.41) is 5.49. The van der Waals surface area contributed by atoms with Crippen molar-refractivity contribution >= 4 is 51.4 Å². The summed E-state index contributed by atoms with van der Waals surface area (Å²) in [7, 11) is 0. The average Bonchev–Trinajstić information content (AvgIpc) is 3.39. The summed E-state index contributed by atoms with van der Waals surface area (Å²) in [6, 6.07) is 33.3. The number of anilines is 1. The summed E-state index contributed by atoms with van der Waals surface area (Å²) in [6.45, 7) is 2.06. The molecular formula is C38H27ClFN3O3S. The minimum Gasteiger partial charge on any atom is -0.488 e. The molecule has 1 amide bonds. The Morgan fingerprint density at radius 2 is 1.68 bits per heavy atom. The number of hydrogen-bond donors (Lipinski definition) is 1. The highest BCUT2D eigenvalue weighted by Gasteiger charge is 2.32. The van der Waals surface area contributed by atoms with E-state index < -0.39 is 17.8 Å². The first-order valence-corrected chi connectivity index (χ1v) is 16.1. The SMILES string of the molecule is CC1=C(C(=O)Nc2ccccc2)C(c2ccc(F)cc2)n2c(s/c(=C/c3c(OCc4ccc(Cl)cc4)ccc4ccccc34)c2=O)=N1. The minimum absolute atomic E-state index is 0.302. The van der Waals surface area contributed by atoms with Crippen molar-refractivity contribution in [2.45, 2.75) is 19.6 Å². The van der Waals surface area contributed by atoms with E-state index >= 15 is 0 Å². The quantitative estimate of drug-likeness (QED) is 0.194. The topological polar surface area (TPSA) is 72.7 Å². The van der Waals surface area contributed by atoms with E-state index in [1.807, 2.05) is 84.9 Å². The van der Waals surface area contributed by atoms with Gasteiger partial charge in [-0.15, -0.1) is 0 Å². The summed E-state index contributed by atoms with van der Waals surface area (Å²) < 4.78 is 22.3. The molecule has 0 bridgehead atoms. The van der Waals surface area contributed by atoms with Crippen molar-refractivity contribution in [2.24, 2.45) is 4.99 Å². The summed E-state index contributed by atoms with van der Waals surface area (Å²) >= 11 is 7.30. The van der Waals surface area contributed by atoms with Crippen LogP contribution in [0.15, 0.2) is 136 Å². The zero-order valence-electron chi connectivity index (χ0n) is 25.1. The van der Waals surface area contributed by atoms with Crippen LogP contribution in [-0.4, -0.2) is 10.5 Å². The molecule has 2 heterocycles. The number of nitrogens with zero attached hydrogens (tertiary/aromatic N) is 2. The summed E-state index contributed by atoms with van der Waals surface area (Å²) in [5.74, 6) is -0.203. The van der Waals surface area contributed by atoms with Crippen LogP contribution in [0.4, 0.5) is 10.1 Å². The Morgan fingerprint density at radius 3 is 2.45 bits per heavy atom. The molecule has 6 aromatic rings. The number of hydrogen-bond acceptors (Lipinski definition) is 5. The van der Waals surface area contributed by atoms with E-state index in [0.29, 0.717) is 49.2 Å². The third-order valence-corrected chi connectivity index (χ3v) is 9.23. The van der Waals surface area contributed by atoms with Crippen molar-refractivity contribution in [3.05, 3.63) is 174 Å². The van der Waals surface area contributed by atoms with E-state index in [2.05, 4.69) is 5.32 Å². The number of thiazole rings is 1. The molecule has 1 atom stereocenters. The normalized spacial score (nSPS) is 14.5. The van der Waals surface area contributed by atoms with Crippen molar-refractivity contribution in [3.8, 4) is 5.75 Å². The van der Waals surface area contributed by atoms with Gasteiger partial charge in [0.2, 0.25) is 0 Å². The van der Waals surface area contributed by atoms with Crippen molar-refractivity contribution in [1.29, 1.82) is 0 Å². The lowest BCUT2D eigenvalue weighted by Gasteiger charge is -2.25. The van der Waals surface area contributed by atoms with Gasteiger partial charge < -0.3 is 10.1 Å². The molecule has 0 spiro atoms. The van der Waals surface area contributed by atoms with Crippen LogP contribution in [0.3, 0.4) is 0 Å². The Balaban J connectivity index is 1.36. The molecule has 47 heavy (non-hydrogen) atoms. The van der Waals surface area contributed by atoms with Gasteiger partial charge in [0.1, 0.15) is 18.2 Å². The van der Waals surface area contributed by atoms with Crippen LogP contribution < -0.4 is 24.9 Å². The zero-order valence-corrected chi connectivity index (χ0v) is 26.7. The number of benzene rings is 5. The number of amides is 1. The van der Waals surface area contributed by atoms with Crippen LogP contribution in [0.2, 0.25) is 5.02 Å². The molecule has 1 aliphatic rings. The lowest BCUT2D eigenvalue weighted by molar-refractivity contribution is -0.113. The second kappa shape index (κ2) is 12.8. The molecular weight excluding hydrogens is 633 g/mol. The number of para-hydroxylation sites is 1. The number of carbonyl (C=O) groups is 1. The molecule has 1 unspecified atom stereocenters. The van der Waals surface area contributed by atoms with E-state index in [-0.39, 0.29) is 5.56 Å². The summed E-state index contributed by atoms with van der Waals surface area (Å²) in [6.07, 6.45) is 1.83. The van der Waals surface area contributed by atoms with E-state index in [1.165, 1.54) is 28.0 Å². The van der Waals surface area contributed by atoms with Crippen molar-refractivity contribution in [2.75, 3.05) is 5.32 Å². The molecule has 232 valence electrons. The molecule has 1 aromatic heterocycles. The molecule has 0 fully saturated rings. The highest BCUT2D eigenvalue weighted by atomic mass is 35.5. The average molecular weight is 660 g/mol. The number of carbonyl (C=O) groups excluding carboxylic acids is 1. The Morgan fingerprint density at radius 1 is 0.957 bits per heavy atom. The highest BCUT2D eigenvalue weighted by Crippen LogP contribution is 2.32. The van der Waals surface area contributed by atoms with Gasteiger partial charge in [-0.3, -0.25) is 14.2 Å². The van der Waals surface area contributed by atoms with Crippen LogP contribution in [-0.2, 0) is 11.4 Å². The fourth-order valence-electron chi connectivity index (χ4n) is 5.72. The number of rotatable bonds is 7. The number of ether oxygens (including phenoxy) is 1. The van der Waals surface area contributed by atoms with E-state index in [9.17, 15) is 14.0 Å². The first-order chi connectivity index (χ1) is 22.9. The number of nitrogens with one attached hydrogen (secondary N) is 1.